The molecular weight excluding hydrogens is 348 g/mol. The molecule has 0 spiro atoms. The first-order chi connectivity index (χ1) is 12.7. The third-order valence-electron chi connectivity index (χ3n) is 4.90. The number of benzene rings is 1. The Morgan fingerprint density at radius 2 is 1.85 bits per heavy atom. The van der Waals surface area contributed by atoms with E-state index in [9.17, 15) is 19.2 Å². The van der Waals surface area contributed by atoms with Gasteiger partial charge in [-0.15, -0.1) is 0 Å². The number of imide groups is 1. The first-order valence-corrected chi connectivity index (χ1v) is 9.03. The van der Waals surface area contributed by atoms with E-state index in [4.69, 9.17) is 0 Å². The Morgan fingerprint density at radius 1 is 1.19 bits per heavy atom. The van der Waals surface area contributed by atoms with Gasteiger partial charge in [-0.3, -0.25) is 19.3 Å². The van der Waals surface area contributed by atoms with Crippen molar-refractivity contribution in [2.75, 3.05) is 25.0 Å². The third kappa shape index (κ3) is 3.65. The topological polar surface area (TPSA) is 98.8 Å². The number of anilines is 1. The van der Waals surface area contributed by atoms with Crippen LogP contribution in [0.25, 0.3) is 0 Å². The second kappa shape index (κ2) is 7.02. The number of carbonyl (C=O) groups excluding carboxylic acids is 4. The zero-order valence-electron chi connectivity index (χ0n) is 15.8. The molecule has 2 saturated heterocycles. The molecule has 0 unspecified atom stereocenters. The van der Waals surface area contributed by atoms with E-state index in [2.05, 4.69) is 10.6 Å². The number of nitrogens with one attached hydrogen (secondary N) is 2. The highest BCUT2D eigenvalue weighted by molar-refractivity contribution is 6.11. The van der Waals surface area contributed by atoms with Crippen LogP contribution in [0.15, 0.2) is 18.2 Å². The maximum atomic E-state index is 12.8. The lowest BCUT2D eigenvalue weighted by atomic mass is 10.0. The van der Waals surface area contributed by atoms with Gasteiger partial charge in [0.05, 0.1) is 11.3 Å². The molecule has 3 rings (SSSR count). The molecule has 27 heavy (non-hydrogen) atoms. The van der Waals surface area contributed by atoms with Gasteiger partial charge in [0.15, 0.2) is 0 Å². The molecule has 144 valence electrons. The molecule has 0 bridgehead atoms. The number of hydrogen-bond donors (Lipinski definition) is 2. The summed E-state index contributed by atoms with van der Waals surface area (Å²) in [5.41, 5.74) is 0.576. The molecule has 2 aliphatic rings. The van der Waals surface area contributed by atoms with Crippen LogP contribution >= 0.6 is 0 Å². The van der Waals surface area contributed by atoms with E-state index >= 15 is 0 Å². The van der Waals surface area contributed by atoms with Gasteiger partial charge in [0.25, 0.3) is 11.8 Å². The van der Waals surface area contributed by atoms with Gasteiger partial charge in [-0.2, -0.15) is 0 Å². The van der Waals surface area contributed by atoms with Crippen LogP contribution in [0.2, 0.25) is 0 Å². The van der Waals surface area contributed by atoms with Crippen molar-refractivity contribution in [2.24, 2.45) is 0 Å². The number of hydrogen-bond acceptors (Lipinski definition) is 4. The predicted octanol–water partition coefficient (Wildman–Crippen LogP) is 1.50. The number of rotatable bonds is 4. The Hall–Kier alpha value is -2.90. The summed E-state index contributed by atoms with van der Waals surface area (Å²) in [5.74, 6) is -1.10. The lowest BCUT2D eigenvalue weighted by molar-refractivity contribution is -0.132. The van der Waals surface area contributed by atoms with Crippen LogP contribution in [0, 0.1) is 6.92 Å². The number of nitrogens with zero attached hydrogens (tertiary/aromatic N) is 2. The summed E-state index contributed by atoms with van der Waals surface area (Å²) >= 11 is 0. The summed E-state index contributed by atoms with van der Waals surface area (Å²) in [7, 11) is 0. The lowest BCUT2D eigenvalue weighted by Gasteiger charge is -2.20. The van der Waals surface area contributed by atoms with Crippen LogP contribution in [0.5, 0.6) is 0 Å². The fourth-order valence-corrected chi connectivity index (χ4v) is 3.43. The fraction of sp³-hybridized carbons (Fsp3) is 0.474. The third-order valence-corrected chi connectivity index (χ3v) is 4.90. The first-order valence-electron chi connectivity index (χ1n) is 9.03. The fourth-order valence-electron chi connectivity index (χ4n) is 3.43. The molecule has 1 aromatic carbocycles. The van der Waals surface area contributed by atoms with Crippen LogP contribution in [0.3, 0.4) is 0 Å². The number of likely N-dealkylation sites (tertiary alicyclic amines) is 1. The van der Waals surface area contributed by atoms with E-state index in [0.717, 1.165) is 23.3 Å². The quantitative estimate of drug-likeness (QED) is 0.783. The van der Waals surface area contributed by atoms with Gasteiger partial charge >= 0.3 is 6.03 Å². The normalized spacial score (nSPS) is 18.6. The molecule has 2 fully saturated rings. The molecule has 1 aromatic rings. The summed E-state index contributed by atoms with van der Waals surface area (Å²) in [6.07, 6.45) is 1.95. The summed E-state index contributed by atoms with van der Waals surface area (Å²) in [5, 5.41) is 5.23. The number of amides is 5. The molecular formula is C19H24N4O4. The molecule has 0 atom stereocenters. The molecule has 8 nitrogen and oxygen atoms in total. The SMILES string of the molecule is Cc1cccc(NC(=O)CN2C(=O)NC(C)(C)C2=O)c1C(=O)N1CCCC1. The maximum absolute atomic E-state index is 12.8. The van der Waals surface area contributed by atoms with Crippen molar-refractivity contribution in [3.8, 4) is 0 Å². The van der Waals surface area contributed by atoms with E-state index in [0.29, 0.717) is 24.3 Å². The van der Waals surface area contributed by atoms with Crippen LogP contribution in [0.4, 0.5) is 10.5 Å². The maximum Gasteiger partial charge on any atom is 0.325 e. The van der Waals surface area contributed by atoms with E-state index in [1.165, 1.54) is 0 Å². The highest BCUT2D eigenvalue weighted by Gasteiger charge is 2.44. The molecule has 2 N–H and O–H groups in total. The Labute approximate surface area is 157 Å². The smallest absolute Gasteiger partial charge is 0.325 e. The molecule has 0 radical (unpaired) electrons. The van der Waals surface area contributed by atoms with Gasteiger partial charge in [-0.05, 0) is 45.2 Å². The summed E-state index contributed by atoms with van der Waals surface area (Å²) in [6.45, 7) is 5.99. The number of urea groups is 1. The van der Waals surface area contributed by atoms with Gasteiger partial charge in [-0.1, -0.05) is 12.1 Å². The second-order valence-corrected chi connectivity index (χ2v) is 7.49. The van der Waals surface area contributed by atoms with E-state index in [1.54, 1.807) is 30.9 Å². The number of aryl methyl sites for hydroxylation is 1. The zero-order chi connectivity index (χ0) is 19.8. The Morgan fingerprint density at radius 3 is 2.44 bits per heavy atom. The predicted molar refractivity (Wildman–Crippen MR) is 99.3 cm³/mol. The van der Waals surface area contributed by atoms with Gasteiger partial charge in [0, 0.05) is 13.1 Å². The largest absolute Gasteiger partial charge is 0.339 e. The highest BCUT2D eigenvalue weighted by atomic mass is 16.2. The molecule has 0 aliphatic carbocycles. The van der Waals surface area contributed by atoms with Crippen molar-refractivity contribution in [1.29, 1.82) is 0 Å². The average Bonchev–Trinajstić information content (AvgIpc) is 3.18. The average molecular weight is 372 g/mol. The summed E-state index contributed by atoms with van der Waals surface area (Å²) < 4.78 is 0. The van der Waals surface area contributed by atoms with Crippen LogP contribution in [-0.4, -0.2) is 58.7 Å². The van der Waals surface area contributed by atoms with Gasteiger partial charge < -0.3 is 15.5 Å². The summed E-state index contributed by atoms with van der Waals surface area (Å²) in [6, 6.07) is 4.63. The highest BCUT2D eigenvalue weighted by Crippen LogP contribution is 2.24. The van der Waals surface area contributed by atoms with Crippen molar-refractivity contribution < 1.29 is 19.2 Å². The minimum Gasteiger partial charge on any atom is -0.339 e. The van der Waals surface area contributed by atoms with Gasteiger partial charge in [-0.25, -0.2) is 4.79 Å². The van der Waals surface area contributed by atoms with Gasteiger partial charge in [0.1, 0.15) is 12.1 Å². The molecule has 0 aromatic heterocycles. The zero-order valence-corrected chi connectivity index (χ0v) is 15.8. The van der Waals surface area contributed by atoms with E-state index in [-0.39, 0.29) is 5.91 Å². The molecule has 8 heteroatoms. The lowest BCUT2D eigenvalue weighted by Crippen LogP contribution is -2.41. The van der Waals surface area contributed by atoms with E-state index < -0.39 is 29.9 Å². The minimum absolute atomic E-state index is 0.114. The minimum atomic E-state index is -1.03. The Bertz CT molecular complexity index is 812. The van der Waals surface area contributed by atoms with Crippen molar-refractivity contribution in [2.45, 2.75) is 39.2 Å². The second-order valence-electron chi connectivity index (χ2n) is 7.49. The van der Waals surface area contributed by atoms with Crippen LogP contribution < -0.4 is 10.6 Å². The van der Waals surface area contributed by atoms with Crippen molar-refractivity contribution in [3.05, 3.63) is 29.3 Å². The standard InChI is InChI=1S/C19H24N4O4/c1-12-7-6-8-13(15(12)16(25)22-9-4-5-10-22)20-14(24)11-23-17(26)19(2,3)21-18(23)27/h6-8H,4-5,9-11H2,1-3H3,(H,20,24)(H,21,27). The first kappa shape index (κ1) is 18.9. The van der Waals surface area contributed by atoms with Crippen molar-refractivity contribution in [1.82, 2.24) is 15.1 Å². The molecule has 0 saturated carbocycles. The molecule has 5 amide bonds. The van der Waals surface area contributed by atoms with Crippen LogP contribution in [0.1, 0.15) is 42.6 Å². The number of carbonyl (C=O) groups is 4. The van der Waals surface area contributed by atoms with E-state index in [1.807, 2.05) is 13.0 Å². The monoisotopic (exact) mass is 372 g/mol. The van der Waals surface area contributed by atoms with Gasteiger partial charge in [0.2, 0.25) is 5.91 Å². The van der Waals surface area contributed by atoms with Crippen molar-refractivity contribution in [3.63, 3.8) is 0 Å². The van der Waals surface area contributed by atoms with Crippen LogP contribution in [-0.2, 0) is 9.59 Å². The van der Waals surface area contributed by atoms with Crippen molar-refractivity contribution >= 4 is 29.4 Å². The Balaban J connectivity index is 1.77. The Kier molecular flexibility index (Phi) is 4.91. The summed E-state index contributed by atoms with van der Waals surface area (Å²) in [4.78, 5) is 52.2. The molecule has 2 aliphatic heterocycles. The molecule has 2 heterocycles.